The minimum Gasteiger partial charge on any atom is -0.375 e. The minimum absolute atomic E-state index is 0.0423. The topological polar surface area (TPSA) is 68.0 Å². The van der Waals surface area contributed by atoms with Crippen molar-refractivity contribution in [3.63, 3.8) is 0 Å². The van der Waals surface area contributed by atoms with E-state index in [2.05, 4.69) is 10.3 Å². The molecule has 3 rings (SSSR count). The zero-order valence-corrected chi connectivity index (χ0v) is 12.0. The second-order valence-corrected chi connectivity index (χ2v) is 6.33. The Morgan fingerprint density at radius 1 is 1.42 bits per heavy atom. The lowest BCUT2D eigenvalue weighted by Crippen LogP contribution is -2.26. The molecule has 19 heavy (non-hydrogen) atoms. The molecule has 6 heteroatoms. The number of anilines is 2. The first-order chi connectivity index (χ1) is 8.89. The van der Waals surface area contributed by atoms with Crippen molar-refractivity contribution in [2.24, 2.45) is 0 Å². The molecule has 4 nitrogen and oxygen atoms in total. The summed E-state index contributed by atoms with van der Waals surface area (Å²) < 4.78 is 0. The average molecular weight is 294 g/mol. The molecule has 0 aliphatic carbocycles. The van der Waals surface area contributed by atoms with Crippen molar-refractivity contribution in [2.45, 2.75) is 19.3 Å². The number of thiazole rings is 1. The van der Waals surface area contributed by atoms with E-state index >= 15 is 0 Å². The maximum atomic E-state index is 12.0. The van der Waals surface area contributed by atoms with Gasteiger partial charge in [0.2, 0.25) is 5.91 Å². The van der Waals surface area contributed by atoms with E-state index < -0.39 is 5.41 Å². The van der Waals surface area contributed by atoms with Gasteiger partial charge in [-0.15, -0.1) is 11.3 Å². The number of rotatable bonds is 1. The molecule has 2 heterocycles. The number of hydrogen-bond acceptors (Lipinski definition) is 4. The number of hydrogen-bond donors (Lipinski definition) is 2. The summed E-state index contributed by atoms with van der Waals surface area (Å²) in [6.45, 7) is 3.76. The summed E-state index contributed by atoms with van der Waals surface area (Å²) in [4.78, 5) is 16.2. The Kier molecular flexibility index (Phi) is 2.59. The largest absolute Gasteiger partial charge is 0.375 e. The van der Waals surface area contributed by atoms with Gasteiger partial charge in [0.25, 0.3) is 0 Å². The molecule has 2 aromatic rings. The highest BCUT2D eigenvalue weighted by Crippen LogP contribution is 2.44. The highest BCUT2D eigenvalue weighted by atomic mass is 35.5. The van der Waals surface area contributed by atoms with E-state index in [1.165, 1.54) is 11.3 Å². The molecule has 3 N–H and O–H groups in total. The van der Waals surface area contributed by atoms with Crippen molar-refractivity contribution in [1.29, 1.82) is 0 Å². The van der Waals surface area contributed by atoms with Crippen LogP contribution in [-0.4, -0.2) is 10.9 Å². The van der Waals surface area contributed by atoms with Crippen LogP contribution in [0.15, 0.2) is 17.5 Å². The lowest BCUT2D eigenvalue weighted by Gasteiger charge is -2.15. The van der Waals surface area contributed by atoms with E-state index in [0.717, 1.165) is 16.8 Å². The number of carbonyl (C=O) groups is 1. The molecule has 1 amide bonds. The summed E-state index contributed by atoms with van der Waals surface area (Å²) in [7, 11) is 0. The van der Waals surface area contributed by atoms with Crippen LogP contribution >= 0.6 is 22.9 Å². The number of nitrogens with one attached hydrogen (secondary N) is 1. The summed E-state index contributed by atoms with van der Waals surface area (Å²) >= 11 is 7.63. The molecular weight excluding hydrogens is 282 g/mol. The average Bonchev–Trinajstić information content (AvgIpc) is 2.85. The van der Waals surface area contributed by atoms with E-state index in [0.29, 0.717) is 15.8 Å². The monoisotopic (exact) mass is 293 g/mol. The maximum Gasteiger partial charge on any atom is 0.234 e. The van der Waals surface area contributed by atoms with Crippen LogP contribution in [0.2, 0.25) is 5.02 Å². The molecule has 0 saturated heterocycles. The summed E-state index contributed by atoms with van der Waals surface area (Å²) in [6.07, 6.45) is 0. The zero-order valence-electron chi connectivity index (χ0n) is 10.5. The second-order valence-electron chi connectivity index (χ2n) is 5.03. The van der Waals surface area contributed by atoms with Crippen LogP contribution < -0.4 is 11.1 Å². The lowest BCUT2D eigenvalue weighted by atomic mass is 9.85. The number of nitrogen functional groups attached to an aromatic ring is 1. The van der Waals surface area contributed by atoms with Gasteiger partial charge in [-0.2, -0.15) is 0 Å². The zero-order chi connectivity index (χ0) is 13.8. The van der Waals surface area contributed by atoms with Crippen molar-refractivity contribution < 1.29 is 4.79 Å². The van der Waals surface area contributed by atoms with E-state index in [1.54, 1.807) is 6.07 Å². The van der Waals surface area contributed by atoms with Gasteiger partial charge in [-0.05, 0) is 31.5 Å². The van der Waals surface area contributed by atoms with Gasteiger partial charge in [-0.25, -0.2) is 4.98 Å². The predicted molar refractivity (Wildman–Crippen MR) is 78.6 cm³/mol. The Hall–Kier alpha value is -1.59. The van der Waals surface area contributed by atoms with Crippen LogP contribution in [0.1, 0.15) is 19.4 Å². The Morgan fingerprint density at radius 2 is 2.16 bits per heavy atom. The molecule has 1 aromatic heterocycles. The molecular formula is C13H12ClN3OS. The van der Waals surface area contributed by atoms with Crippen molar-refractivity contribution in [3.8, 4) is 11.3 Å². The van der Waals surface area contributed by atoms with Gasteiger partial charge in [-0.3, -0.25) is 4.79 Å². The van der Waals surface area contributed by atoms with Gasteiger partial charge in [-0.1, -0.05) is 11.6 Å². The van der Waals surface area contributed by atoms with E-state index in [4.69, 9.17) is 17.3 Å². The first-order valence-electron chi connectivity index (χ1n) is 5.76. The molecule has 98 valence electrons. The van der Waals surface area contributed by atoms with Crippen molar-refractivity contribution >= 4 is 39.7 Å². The van der Waals surface area contributed by atoms with Crippen LogP contribution in [0.25, 0.3) is 11.3 Å². The minimum atomic E-state index is -0.587. The molecule has 1 aliphatic rings. The Balaban J connectivity index is 2.20. The van der Waals surface area contributed by atoms with Gasteiger partial charge in [0, 0.05) is 10.9 Å². The molecule has 0 radical (unpaired) electrons. The van der Waals surface area contributed by atoms with Gasteiger partial charge in [0.1, 0.15) is 0 Å². The highest BCUT2D eigenvalue weighted by molar-refractivity contribution is 7.13. The number of fused-ring (bicyclic) bond motifs is 1. The molecule has 1 aliphatic heterocycles. The van der Waals surface area contributed by atoms with E-state index in [-0.39, 0.29) is 5.91 Å². The van der Waals surface area contributed by atoms with Crippen LogP contribution in [0.3, 0.4) is 0 Å². The predicted octanol–water partition coefficient (Wildman–Crippen LogP) is 3.28. The number of nitrogens with two attached hydrogens (primary N) is 1. The van der Waals surface area contributed by atoms with Crippen LogP contribution in [0.4, 0.5) is 10.8 Å². The number of amides is 1. The lowest BCUT2D eigenvalue weighted by molar-refractivity contribution is -0.119. The number of aromatic nitrogens is 1. The first kappa shape index (κ1) is 12.4. The van der Waals surface area contributed by atoms with Gasteiger partial charge < -0.3 is 11.1 Å². The third-order valence-corrected chi connectivity index (χ3v) is 4.36. The first-order valence-corrected chi connectivity index (χ1v) is 7.02. The quantitative estimate of drug-likeness (QED) is 0.848. The Morgan fingerprint density at radius 3 is 2.79 bits per heavy atom. The fourth-order valence-electron chi connectivity index (χ4n) is 2.19. The number of carbonyl (C=O) groups excluding carboxylic acids is 1. The van der Waals surface area contributed by atoms with Crippen molar-refractivity contribution in [2.75, 3.05) is 11.1 Å². The molecule has 0 fully saturated rings. The van der Waals surface area contributed by atoms with Crippen LogP contribution in [0.5, 0.6) is 0 Å². The summed E-state index contributed by atoms with van der Waals surface area (Å²) in [5, 5.41) is 5.75. The molecule has 1 aromatic carbocycles. The van der Waals surface area contributed by atoms with Gasteiger partial charge in [0.05, 0.1) is 21.8 Å². The van der Waals surface area contributed by atoms with Crippen LogP contribution in [0, 0.1) is 0 Å². The molecule has 0 bridgehead atoms. The molecule has 0 atom stereocenters. The van der Waals surface area contributed by atoms with Gasteiger partial charge >= 0.3 is 0 Å². The summed E-state index contributed by atoms with van der Waals surface area (Å²) in [6, 6.07) is 3.75. The summed E-state index contributed by atoms with van der Waals surface area (Å²) in [5.41, 5.74) is 8.31. The molecule has 0 spiro atoms. The fourth-order valence-corrected chi connectivity index (χ4v) is 3.03. The number of benzene rings is 1. The number of halogens is 1. The smallest absolute Gasteiger partial charge is 0.234 e. The van der Waals surface area contributed by atoms with Gasteiger partial charge in [0.15, 0.2) is 5.13 Å². The Labute approximate surface area is 119 Å². The fraction of sp³-hybridized carbons (Fsp3) is 0.231. The maximum absolute atomic E-state index is 12.0. The SMILES string of the molecule is CC1(C)C(=O)Nc2c(Cl)cc(-c3csc(N)n3)cc21. The number of nitrogens with zero attached hydrogens (tertiary/aromatic N) is 1. The van der Waals surface area contributed by atoms with Crippen LogP contribution in [-0.2, 0) is 10.2 Å². The van der Waals surface area contributed by atoms with E-state index in [9.17, 15) is 4.79 Å². The normalized spacial score (nSPS) is 16.3. The molecule has 0 saturated carbocycles. The van der Waals surface area contributed by atoms with E-state index in [1.807, 2.05) is 25.3 Å². The Bertz CT molecular complexity index is 693. The highest BCUT2D eigenvalue weighted by Gasteiger charge is 2.39. The van der Waals surface area contributed by atoms with Crippen molar-refractivity contribution in [1.82, 2.24) is 4.98 Å². The van der Waals surface area contributed by atoms with Crippen molar-refractivity contribution in [3.05, 3.63) is 28.1 Å². The standard InChI is InChI=1S/C13H12ClN3OS/c1-13(2)7-3-6(9-5-19-12(15)16-9)4-8(14)10(7)17-11(13)18/h3-5H,1-2H3,(H2,15,16)(H,17,18). The summed E-state index contributed by atoms with van der Waals surface area (Å²) in [5.74, 6) is -0.0423. The molecule has 0 unspecified atom stereocenters. The third-order valence-electron chi connectivity index (χ3n) is 3.39. The third kappa shape index (κ3) is 1.81. The second kappa shape index (κ2) is 3.95.